The fraction of sp³-hybridized carbons (Fsp3) is 0.448. The average molecular weight is 463 g/mol. The van der Waals surface area contributed by atoms with Gasteiger partial charge in [-0.2, -0.15) is 0 Å². The van der Waals surface area contributed by atoms with Gasteiger partial charge >= 0.3 is 0 Å². The van der Waals surface area contributed by atoms with E-state index in [2.05, 4.69) is 58.1 Å². The lowest BCUT2D eigenvalue weighted by molar-refractivity contribution is 0.0560. The van der Waals surface area contributed by atoms with E-state index >= 15 is 0 Å². The number of methoxy groups -OCH3 is 1. The minimum atomic E-state index is -0.553. The summed E-state index contributed by atoms with van der Waals surface area (Å²) in [6.45, 7) is 3.59. The van der Waals surface area contributed by atoms with Crippen LogP contribution in [0.2, 0.25) is 0 Å². The van der Waals surface area contributed by atoms with Gasteiger partial charge in [-0.1, -0.05) is 49.6 Å². The van der Waals surface area contributed by atoms with E-state index in [0.29, 0.717) is 12.5 Å². The Bertz CT molecular complexity index is 965. The summed E-state index contributed by atoms with van der Waals surface area (Å²) in [5.74, 6) is 2.25. The van der Waals surface area contributed by atoms with E-state index in [9.17, 15) is 5.11 Å². The lowest BCUT2D eigenvalue weighted by Gasteiger charge is -2.31. The molecule has 0 radical (unpaired) electrons. The third kappa shape index (κ3) is 7.37. The Hall–Kier alpha value is -2.76. The minimum absolute atomic E-state index is 0.276. The molecule has 1 aliphatic rings. The molecule has 1 saturated carbocycles. The van der Waals surface area contributed by atoms with Gasteiger partial charge in [0.1, 0.15) is 24.2 Å². The number of aromatic nitrogens is 1. The van der Waals surface area contributed by atoms with Crippen LogP contribution < -0.4 is 9.47 Å². The molecule has 0 aliphatic heterocycles. The standard InChI is InChI=1S/C29H38N2O3/c1-33-28-14-16-29(17-15-28)34-23-27(32)22-30(19-24-9-4-2-5-10-24)21-26-13-8-18-31(26)20-25-11-6-3-7-12-25/h3,6-8,11-18,24,27,32H,2,4-5,9-10,19-23H2,1H3. The zero-order valence-corrected chi connectivity index (χ0v) is 20.3. The van der Waals surface area contributed by atoms with Crippen LogP contribution in [-0.2, 0) is 13.1 Å². The van der Waals surface area contributed by atoms with Gasteiger partial charge in [-0.15, -0.1) is 0 Å². The second-order valence-electron chi connectivity index (χ2n) is 9.45. The van der Waals surface area contributed by atoms with Gasteiger partial charge in [0.2, 0.25) is 0 Å². The van der Waals surface area contributed by atoms with Gasteiger partial charge in [-0.3, -0.25) is 4.90 Å². The lowest BCUT2D eigenvalue weighted by atomic mass is 9.89. The Balaban J connectivity index is 1.38. The van der Waals surface area contributed by atoms with Gasteiger partial charge in [0.05, 0.1) is 7.11 Å². The maximum atomic E-state index is 10.8. The van der Waals surface area contributed by atoms with Crippen molar-refractivity contribution in [3.8, 4) is 11.5 Å². The second kappa shape index (κ2) is 12.6. The van der Waals surface area contributed by atoms with Crippen LogP contribution in [0, 0.1) is 5.92 Å². The van der Waals surface area contributed by atoms with Crippen molar-refractivity contribution in [3.05, 3.63) is 84.2 Å². The highest BCUT2D eigenvalue weighted by atomic mass is 16.5. The van der Waals surface area contributed by atoms with Crippen molar-refractivity contribution in [3.63, 3.8) is 0 Å². The molecular weight excluding hydrogens is 424 g/mol. The van der Waals surface area contributed by atoms with Crippen molar-refractivity contribution in [2.75, 3.05) is 26.8 Å². The number of rotatable bonds is 12. The molecule has 1 atom stereocenters. The summed E-state index contributed by atoms with van der Waals surface area (Å²) >= 11 is 0. The fourth-order valence-corrected chi connectivity index (χ4v) is 4.91. The number of hydrogen-bond acceptors (Lipinski definition) is 4. The van der Waals surface area contributed by atoms with Crippen LogP contribution in [0.15, 0.2) is 72.9 Å². The van der Waals surface area contributed by atoms with Gasteiger partial charge in [0, 0.05) is 38.1 Å². The molecule has 1 fully saturated rings. The van der Waals surface area contributed by atoms with Crippen molar-refractivity contribution >= 4 is 0 Å². The molecule has 1 heterocycles. The predicted octanol–water partition coefficient (Wildman–Crippen LogP) is 5.37. The van der Waals surface area contributed by atoms with Crippen LogP contribution in [0.4, 0.5) is 0 Å². The Labute approximate surface area is 203 Å². The Kier molecular flexibility index (Phi) is 9.05. The number of nitrogens with zero attached hydrogens (tertiary/aromatic N) is 2. The molecule has 0 saturated heterocycles. The normalized spacial score (nSPS) is 15.4. The van der Waals surface area contributed by atoms with E-state index < -0.39 is 6.10 Å². The Morgan fingerprint density at radius 1 is 0.941 bits per heavy atom. The summed E-state index contributed by atoms with van der Waals surface area (Å²) in [5, 5.41) is 10.8. The van der Waals surface area contributed by atoms with Crippen LogP contribution in [0.25, 0.3) is 0 Å². The summed E-state index contributed by atoms with van der Waals surface area (Å²) in [6, 6.07) is 22.4. The zero-order chi connectivity index (χ0) is 23.6. The molecule has 182 valence electrons. The average Bonchev–Trinajstić information content (AvgIpc) is 3.30. The van der Waals surface area contributed by atoms with Crippen molar-refractivity contribution in [1.82, 2.24) is 9.47 Å². The maximum absolute atomic E-state index is 10.8. The third-order valence-corrected chi connectivity index (χ3v) is 6.72. The topological polar surface area (TPSA) is 46.9 Å². The molecule has 34 heavy (non-hydrogen) atoms. The number of aliphatic hydroxyl groups is 1. The summed E-state index contributed by atoms with van der Waals surface area (Å²) < 4.78 is 13.4. The van der Waals surface area contributed by atoms with E-state index in [1.807, 2.05) is 24.3 Å². The molecule has 0 bridgehead atoms. The number of aliphatic hydroxyl groups excluding tert-OH is 1. The van der Waals surface area contributed by atoms with Gasteiger partial charge in [-0.05, 0) is 60.7 Å². The molecule has 0 amide bonds. The highest BCUT2D eigenvalue weighted by Crippen LogP contribution is 2.25. The zero-order valence-electron chi connectivity index (χ0n) is 20.3. The quantitative estimate of drug-likeness (QED) is 0.393. The molecule has 2 aromatic carbocycles. The molecule has 1 aliphatic carbocycles. The molecule has 4 rings (SSSR count). The Morgan fingerprint density at radius 2 is 1.68 bits per heavy atom. The van der Waals surface area contributed by atoms with E-state index in [-0.39, 0.29) is 6.61 Å². The van der Waals surface area contributed by atoms with Gasteiger partial charge < -0.3 is 19.1 Å². The maximum Gasteiger partial charge on any atom is 0.119 e. The SMILES string of the molecule is COc1ccc(OCC(O)CN(Cc2cccn2Cc2ccccc2)CC2CCCCC2)cc1. The van der Waals surface area contributed by atoms with Crippen molar-refractivity contribution in [2.45, 2.75) is 51.3 Å². The smallest absolute Gasteiger partial charge is 0.119 e. The molecule has 3 aromatic rings. The van der Waals surface area contributed by atoms with E-state index in [0.717, 1.165) is 31.1 Å². The molecule has 5 nitrogen and oxygen atoms in total. The summed E-state index contributed by atoms with van der Waals surface area (Å²) in [7, 11) is 1.65. The number of benzene rings is 2. The highest BCUT2D eigenvalue weighted by molar-refractivity contribution is 5.31. The van der Waals surface area contributed by atoms with Gasteiger partial charge in [0.15, 0.2) is 0 Å². The first kappa shape index (κ1) is 24.4. The molecule has 1 unspecified atom stereocenters. The van der Waals surface area contributed by atoms with Crippen LogP contribution in [0.1, 0.15) is 43.4 Å². The first-order chi connectivity index (χ1) is 16.7. The summed E-state index contributed by atoms with van der Waals surface area (Å²) in [6.07, 6.45) is 8.19. The largest absolute Gasteiger partial charge is 0.497 e. The van der Waals surface area contributed by atoms with E-state index in [1.165, 1.54) is 43.4 Å². The third-order valence-electron chi connectivity index (χ3n) is 6.72. The van der Waals surface area contributed by atoms with Gasteiger partial charge in [-0.25, -0.2) is 0 Å². The first-order valence-corrected chi connectivity index (χ1v) is 12.5. The van der Waals surface area contributed by atoms with Crippen molar-refractivity contribution in [2.24, 2.45) is 5.92 Å². The van der Waals surface area contributed by atoms with E-state index in [1.54, 1.807) is 7.11 Å². The fourth-order valence-electron chi connectivity index (χ4n) is 4.91. The summed E-state index contributed by atoms with van der Waals surface area (Å²) in [4.78, 5) is 2.43. The highest BCUT2D eigenvalue weighted by Gasteiger charge is 2.21. The van der Waals surface area contributed by atoms with Crippen LogP contribution in [0.5, 0.6) is 11.5 Å². The number of ether oxygens (including phenoxy) is 2. The van der Waals surface area contributed by atoms with Crippen molar-refractivity contribution in [1.29, 1.82) is 0 Å². The van der Waals surface area contributed by atoms with Gasteiger partial charge in [0.25, 0.3) is 0 Å². The lowest BCUT2D eigenvalue weighted by Crippen LogP contribution is -2.39. The minimum Gasteiger partial charge on any atom is -0.497 e. The van der Waals surface area contributed by atoms with E-state index in [4.69, 9.17) is 9.47 Å². The molecule has 5 heteroatoms. The first-order valence-electron chi connectivity index (χ1n) is 12.5. The van der Waals surface area contributed by atoms with Crippen LogP contribution in [0.3, 0.4) is 0 Å². The summed E-state index contributed by atoms with van der Waals surface area (Å²) in [5.41, 5.74) is 2.58. The molecule has 1 aromatic heterocycles. The second-order valence-corrected chi connectivity index (χ2v) is 9.45. The van der Waals surface area contributed by atoms with Crippen LogP contribution in [-0.4, -0.2) is 47.5 Å². The monoisotopic (exact) mass is 462 g/mol. The molecule has 0 spiro atoms. The number of hydrogen-bond donors (Lipinski definition) is 1. The Morgan fingerprint density at radius 3 is 2.41 bits per heavy atom. The van der Waals surface area contributed by atoms with Crippen LogP contribution >= 0.6 is 0 Å². The van der Waals surface area contributed by atoms with Crippen molar-refractivity contribution < 1.29 is 14.6 Å². The predicted molar refractivity (Wildman–Crippen MR) is 136 cm³/mol. The molecular formula is C29H38N2O3. The molecule has 1 N–H and O–H groups in total.